The number of hydrogen-bond acceptors (Lipinski definition) is 3. The van der Waals surface area contributed by atoms with Crippen molar-refractivity contribution < 1.29 is 19.4 Å². The van der Waals surface area contributed by atoms with Crippen LogP contribution in [0.25, 0.3) is 0 Å². The van der Waals surface area contributed by atoms with Gasteiger partial charge in [0.2, 0.25) is 0 Å². The van der Waals surface area contributed by atoms with Crippen LogP contribution >= 0.6 is 0 Å². The fourth-order valence-electron chi connectivity index (χ4n) is 2.33. The second-order valence-electron chi connectivity index (χ2n) is 4.74. The third-order valence-corrected chi connectivity index (χ3v) is 3.35. The lowest BCUT2D eigenvalue weighted by Gasteiger charge is -2.16. The zero-order valence-corrected chi connectivity index (χ0v) is 10.8. The minimum atomic E-state index is -0.986. The summed E-state index contributed by atoms with van der Waals surface area (Å²) in [5.41, 5.74) is 0.721. The number of hydrogen-bond donors (Lipinski definition) is 1. The minimum Gasteiger partial charge on any atom is -0.478 e. The molecule has 19 heavy (non-hydrogen) atoms. The molecule has 1 aromatic rings. The van der Waals surface area contributed by atoms with E-state index < -0.39 is 5.97 Å². The van der Waals surface area contributed by atoms with Crippen LogP contribution < -0.4 is 0 Å². The highest BCUT2D eigenvalue weighted by molar-refractivity contribution is 5.96. The molecule has 0 spiro atoms. The summed E-state index contributed by atoms with van der Waals surface area (Å²) in [5.74, 6) is -0.636. The normalized spacial score (nSPS) is 18.6. The molecule has 1 unspecified atom stereocenters. The molecule has 0 aliphatic carbocycles. The SMILES string of the molecule is COCC1CCN(C(=O)c2ccc(C(=O)O)cc2)C1. The number of carboxylic acids is 1. The quantitative estimate of drug-likeness (QED) is 0.893. The number of likely N-dealkylation sites (tertiary alicyclic amines) is 1. The number of carbonyl (C=O) groups excluding carboxylic acids is 1. The highest BCUT2D eigenvalue weighted by Gasteiger charge is 2.26. The molecule has 1 aliphatic rings. The number of methoxy groups -OCH3 is 1. The first kappa shape index (κ1) is 13.5. The maximum absolute atomic E-state index is 12.2. The summed E-state index contributed by atoms with van der Waals surface area (Å²) in [7, 11) is 1.66. The van der Waals surface area contributed by atoms with Crippen LogP contribution in [0.2, 0.25) is 0 Å². The number of carboxylic acid groups (broad SMARTS) is 1. The van der Waals surface area contributed by atoms with E-state index >= 15 is 0 Å². The summed E-state index contributed by atoms with van der Waals surface area (Å²) in [6.07, 6.45) is 0.951. The number of aromatic carboxylic acids is 1. The van der Waals surface area contributed by atoms with Gasteiger partial charge >= 0.3 is 5.97 Å². The van der Waals surface area contributed by atoms with Gasteiger partial charge < -0.3 is 14.7 Å². The monoisotopic (exact) mass is 263 g/mol. The molecule has 1 heterocycles. The van der Waals surface area contributed by atoms with Gasteiger partial charge in [0, 0.05) is 31.7 Å². The van der Waals surface area contributed by atoms with Crippen LogP contribution in [0.4, 0.5) is 0 Å². The molecule has 0 bridgehead atoms. The van der Waals surface area contributed by atoms with Gasteiger partial charge in [0.25, 0.3) is 5.91 Å². The summed E-state index contributed by atoms with van der Waals surface area (Å²) in [5, 5.41) is 8.81. The van der Waals surface area contributed by atoms with Crippen molar-refractivity contribution >= 4 is 11.9 Å². The zero-order valence-electron chi connectivity index (χ0n) is 10.8. The summed E-state index contributed by atoms with van der Waals surface area (Å²) >= 11 is 0. The van der Waals surface area contributed by atoms with Crippen molar-refractivity contribution in [1.29, 1.82) is 0 Å². The van der Waals surface area contributed by atoms with Crippen LogP contribution in [-0.4, -0.2) is 48.7 Å². The third kappa shape index (κ3) is 3.12. The van der Waals surface area contributed by atoms with Crippen LogP contribution in [0.3, 0.4) is 0 Å². The van der Waals surface area contributed by atoms with Gasteiger partial charge in [-0.1, -0.05) is 0 Å². The number of ether oxygens (including phenoxy) is 1. The first-order valence-electron chi connectivity index (χ1n) is 6.23. The van der Waals surface area contributed by atoms with E-state index in [1.54, 1.807) is 24.1 Å². The van der Waals surface area contributed by atoms with E-state index in [2.05, 4.69) is 0 Å². The first-order chi connectivity index (χ1) is 9.11. The topological polar surface area (TPSA) is 66.8 Å². The molecule has 1 fully saturated rings. The third-order valence-electron chi connectivity index (χ3n) is 3.35. The van der Waals surface area contributed by atoms with Gasteiger partial charge in [-0.2, -0.15) is 0 Å². The highest BCUT2D eigenvalue weighted by Crippen LogP contribution is 2.19. The largest absolute Gasteiger partial charge is 0.478 e. The summed E-state index contributed by atoms with van der Waals surface area (Å²) in [6, 6.07) is 6.04. The lowest BCUT2D eigenvalue weighted by molar-refractivity contribution is 0.0694. The average molecular weight is 263 g/mol. The molecule has 0 saturated carbocycles. The molecular weight excluding hydrogens is 246 g/mol. The van der Waals surface area contributed by atoms with Gasteiger partial charge in [-0.3, -0.25) is 4.79 Å². The molecule has 2 rings (SSSR count). The first-order valence-corrected chi connectivity index (χ1v) is 6.23. The van der Waals surface area contributed by atoms with Gasteiger partial charge in [-0.25, -0.2) is 4.79 Å². The lowest BCUT2D eigenvalue weighted by Crippen LogP contribution is -2.29. The Balaban J connectivity index is 2.02. The summed E-state index contributed by atoms with van der Waals surface area (Å²) in [4.78, 5) is 24.8. The molecular formula is C14H17NO4. The standard InChI is InChI=1S/C14H17NO4/c1-19-9-10-6-7-15(8-10)13(16)11-2-4-12(5-3-11)14(17)18/h2-5,10H,6-9H2,1H3,(H,17,18). The fraction of sp³-hybridized carbons (Fsp3) is 0.429. The van der Waals surface area contributed by atoms with Gasteiger partial charge in [0.1, 0.15) is 0 Å². The van der Waals surface area contributed by atoms with Crippen molar-refractivity contribution in [2.75, 3.05) is 26.8 Å². The Morgan fingerprint density at radius 3 is 2.53 bits per heavy atom. The number of benzene rings is 1. The molecule has 1 atom stereocenters. The van der Waals surface area contributed by atoms with Crippen molar-refractivity contribution in [3.63, 3.8) is 0 Å². The highest BCUT2D eigenvalue weighted by atomic mass is 16.5. The molecule has 0 aromatic heterocycles. The second kappa shape index (κ2) is 5.84. The van der Waals surface area contributed by atoms with Crippen LogP contribution in [0.1, 0.15) is 27.1 Å². The van der Waals surface area contributed by atoms with E-state index in [1.165, 1.54) is 12.1 Å². The molecule has 102 valence electrons. The number of rotatable bonds is 4. The predicted molar refractivity (Wildman–Crippen MR) is 69.3 cm³/mol. The van der Waals surface area contributed by atoms with Crippen molar-refractivity contribution in [1.82, 2.24) is 4.90 Å². The Labute approximate surface area is 111 Å². The van der Waals surface area contributed by atoms with E-state index in [9.17, 15) is 9.59 Å². The maximum atomic E-state index is 12.2. The van der Waals surface area contributed by atoms with E-state index in [4.69, 9.17) is 9.84 Å². The maximum Gasteiger partial charge on any atom is 0.335 e. The Morgan fingerprint density at radius 2 is 1.95 bits per heavy atom. The van der Waals surface area contributed by atoms with E-state index in [0.717, 1.165) is 13.0 Å². The Bertz CT molecular complexity index is 469. The van der Waals surface area contributed by atoms with E-state index in [-0.39, 0.29) is 11.5 Å². The van der Waals surface area contributed by atoms with E-state index in [1.807, 2.05) is 0 Å². The van der Waals surface area contributed by atoms with Crippen molar-refractivity contribution in [3.8, 4) is 0 Å². The fourth-order valence-corrected chi connectivity index (χ4v) is 2.33. The van der Waals surface area contributed by atoms with Crippen LogP contribution in [0.15, 0.2) is 24.3 Å². The number of carbonyl (C=O) groups is 2. The molecule has 1 aliphatic heterocycles. The Kier molecular flexibility index (Phi) is 4.16. The van der Waals surface area contributed by atoms with Crippen molar-refractivity contribution in [2.24, 2.45) is 5.92 Å². The Hall–Kier alpha value is -1.88. The van der Waals surface area contributed by atoms with Gasteiger partial charge in [-0.05, 0) is 30.7 Å². The second-order valence-corrected chi connectivity index (χ2v) is 4.74. The summed E-state index contributed by atoms with van der Waals surface area (Å²) in [6.45, 7) is 2.10. The molecule has 5 nitrogen and oxygen atoms in total. The van der Waals surface area contributed by atoms with E-state index in [0.29, 0.717) is 24.6 Å². The van der Waals surface area contributed by atoms with Crippen LogP contribution in [-0.2, 0) is 4.74 Å². The molecule has 1 saturated heterocycles. The molecule has 1 aromatic carbocycles. The molecule has 0 radical (unpaired) electrons. The van der Waals surface area contributed by atoms with Gasteiger partial charge in [0.05, 0.1) is 12.2 Å². The number of amides is 1. The zero-order chi connectivity index (χ0) is 13.8. The number of nitrogens with zero attached hydrogens (tertiary/aromatic N) is 1. The smallest absolute Gasteiger partial charge is 0.335 e. The van der Waals surface area contributed by atoms with Crippen LogP contribution in [0.5, 0.6) is 0 Å². The van der Waals surface area contributed by atoms with Crippen LogP contribution in [0, 0.1) is 5.92 Å². The Morgan fingerprint density at radius 1 is 1.32 bits per heavy atom. The minimum absolute atomic E-state index is 0.0458. The van der Waals surface area contributed by atoms with Crippen molar-refractivity contribution in [3.05, 3.63) is 35.4 Å². The van der Waals surface area contributed by atoms with Gasteiger partial charge in [-0.15, -0.1) is 0 Å². The predicted octanol–water partition coefficient (Wildman–Crippen LogP) is 1.49. The van der Waals surface area contributed by atoms with Crippen molar-refractivity contribution in [2.45, 2.75) is 6.42 Å². The molecule has 1 amide bonds. The average Bonchev–Trinajstić information content (AvgIpc) is 2.87. The lowest BCUT2D eigenvalue weighted by atomic mass is 10.1. The molecule has 5 heteroatoms. The summed E-state index contributed by atoms with van der Waals surface area (Å²) < 4.78 is 5.10. The van der Waals surface area contributed by atoms with Gasteiger partial charge in [0.15, 0.2) is 0 Å². The molecule has 1 N–H and O–H groups in total.